The molecule has 1 aromatic rings. The maximum absolute atomic E-state index is 4.16. The van der Waals surface area contributed by atoms with E-state index >= 15 is 0 Å². The zero-order valence-corrected chi connectivity index (χ0v) is 7.23. The molecule has 1 radical (unpaired) electrons. The molecule has 11 heavy (non-hydrogen) atoms. The van der Waals surface area contributed by atoms with Crippen LogP contribution in [0.5, 0.6) is 0 Å². The normalized spacial score (nSPS) is 18.7. The van der Waals surface area contributed by atoms with Gasteiger partial charge in [0.1, 0.15) is 5.82 Å². The smallest absolute Gasteiger partial charge is 0.154 e. The molecule has 2 heterocycles. The second-order valence-corrected chi connectivity index (χ2v) is 3.50. The van der Waals surface area contributed by atoms with Crippen molar-refractivity contribution >= 4 is 17.2 Å². The molecule has 1 fully saturated rings. The lowest BCUT2D eigenvalue weighted by Crippen LogP contribution is -2.29. The van der Waals surface area contributed by atoms with Gasteiger partial charge in [0, 0.05) is 18.5 Å². The second-order valence-electron chi connectivity index (χ2n) is 2.84. The van der Waals surface area contributed by atoms with Crippen molar-refractivity contribution in [1.82, 2.24) is 4.98 Å². The van der Waals surface area contributed by atoms with Crippen LogP contribution < -0.4 is 4.90 Å². The summed E-state index contributed by atoms with van der Waals surface area (Å²) in [4.78, 5) is 6.50. The standard InChI is InChI=1S/C8H11N2S/c1-2-4-10(5-3-1)8-6-11-7-9-8/h6H,1-5H2. The number of nitrogens with zero attached hydrogens (tertiary/aromatic N) is 2. The summed E-state index contributed by atoms with van der Waals surface area (Å²) in [5.41, 5.74) is 2.88. The Labute approximate surface area is 70.9 Å². The van der Waals surface area contributed by atoms with Gasteiger partial charge in [-0.25, -0.2) is 4.98 Å². The van der Waals surface area contributed by atoms with Crippen molar-refractivity contribution in [3.8, 4) is 0 Å². The van der Waals surface area contributed by atoms with Crippen molar-refractivity contribution in [2.75, 3.05) is 18.0 Å². The van der Waals surface area contributed by atoms with Crippen molar-refractivity contribution in [2.24, 2.45) is 0 Å². The fourth-order valence-corrected chi connectivity index (χ4v) is 1.95. The van der Waals surface area contributed by atoms with Crippen LogP contribution in [-0.2, 0) is 0 Å². The summed E-state index contributed by atoms with van der Waals surface area (Å²) in [6.07, 6.45) is 4.01. The van der Waals surface area contributed by atoms with Gasteiger partial charge >= 0.3 is 0 Å². The predicted octanol–water partition coefficient (Wildman–Crippen LogP) is 1.93. The molecule has 0 spiro atoms. The molecule has 2 rings (SSSR count). The number of hydrogen-bond donors (Lipinski definition) is 0. The molecule has 1 aliphatic rings. The van der Waals surface area contributed by atoms with Crippen LogP contribution in [0, 0.1) is 5.51 Å². The predicted molar refractivity (Wildman–Crippen MR) is 47.0 cm³/mol. The molecule has 3 heteroatoms. The summed E-state index contributed by atoms with van der Waals surface area (Å²) >= 11 is 1.56. The molecule has 1 saturated heterocycles. The summed E-state index contributed by atoms with van der Waals surface area (Å²) in [6.45, 7) is 2.36. The van der Waals surface area contributed by atoms with Crippen molar-refractivity contribution in [3.63, 3.8) is 0 Å². The van der Waals surface area contributed by atoms with E-state index in [0.717, 1.165) is 5.82 Å². The van der Waals surface area contributed by atoms with Crippen LogP contribution in [0.2, 0.25) is 0 Å². The van der Waals surface area contributed by atoms with Crippen molar-refractivity contribution in [3.05, 3.63) is 10.9 Å². The first-order valence-electron chi connectivity index (χ1n) is 4.03. The zero-order chi connectivity index (χ0) is 7.52. The number of hydrogen-bond acceptors (Lipinski definition) is 3. The molecule has 0 amide bonds. The average Bonchev–Trinajstić information content (AvgIpc) is 2.58. The molecule has 0 aromatic carbocycles. The fourth-order valence-electron chi connectivity index (χ4n) is 1.45. The van der Waals surface area contributed by atoms with Crippen LogP contribution in [0.15, 0.2) is 5.38 Å². The van der Waals surface area contributed by atoms with E-state index in [1.54, 1.807) is 11.3 Å². The maximum Gasteiger partial charge on any atom is 0.154 e. The van der Waals surface area contributed by atoms with E-state index in [4.69, 9.17) is 0 Å². The van der Waals surface area contributed by atoms with Gasteiger partial charge in [-0.15, -0.1) is 11.3 Å². The Hall–Kier alpha value is -0.570. The Bertz CT molecular complexity index is 202. The Morgan fingerprint density at radius 1 is 1.36 bits per heavy atom. The Balaban J connectivity index is 2.04. The molecule has 1 aliphatic heterocycles. The second kappa shape index (κ2) is 3.22. The molecule has 2 nitrogen and oxygen atoms in total. The van der Waals surface area contributed by atoms with Crippen LogP contribution >= 0.6 is 11.3 Å². The highest BCUT2D eigenvalue weighted by Crippen LogP contribution is 2.18. The lowest BCUT2D eigenvalue weighted by molar-refractivity contribution is 0.574. The third kappa shape index (κ3) is 1.53. The van der Waals surface area contributed by atoms with Gasteiger partial charge in [-0.05, 0) is 19.3 Å². The first-order chi connectivity index (χ1) is 5.47. The summed E-state index contributed by atoms with van der Waals surface area (Å²) in [7, 11) is 0. The SMILES string of the molecule is [c]1nc(N2CCCCC2)cs1. The van der Waals surface area contributed by atoms with Gasteiger partial charge in [-0.3, -0.25) is 0 Å². The molecule has 0 bridgehead atoms. The topological polar surface area (TPSA) is 16.1 Å². The zero-order valence-electron chi connectivity index (χ0n) is 6.42. The number of piperidine rings is 1. The van der Waals surface area contributed by atoms with Gasteiger partial charge in [-0.1, -0.05) is 0 Å². The minimum Gasteiger partial charge on any atom is -0.356 e. The highest BCUT2D eigenvalue weighted by Gasteiger charge is 2.11. The highest BCUT2D eigenvalue weighted by molar-refractivity contribution is 7.07. The van der Waals surface area contributed by atoms with E-state index < -0.39 is 0 Å². The summed E-state index contributed by atoms with van der Waals surface area (Å²) in [6, 6.07) is 0. The van der Waals surface area contributed by atoms with E-state index in [9.17, 15) is 0 Å². The van der Waals surface area contributed by atoms with Crippen LogP contribution in [0.1, 0.15) is 19.3 Å². The third-order valence-electron chi connectivity index (χ3n) is 2.06. The third-order valence-corrected chi connectivity index (χ3v) is 2.58. The minimum atomic E-state index is 1.12. The summed E-state index contributed by atoms with van der Waals surface area (Å²) in [5.74, 6) is 1.12. The monoisotopic (exact) mass is 167 g/mol. The molecule has 0 saturated carbocycles. The van der Waals surface area contributed by atoms with Crippen molar-refractivity contribution < 1.29 is 0 Å². The van der Waals surface area contributed by atoms with Crippen LogP contribution in [0.4, 0.5) is 5.82 Å². The Kier molecular flexibility index (Phi) is 2.08. The van der Waals surface area contributed by atoms with E-state index in [1.165, 1.54) is 32.4 Å². The van der Waals surface area contributed by atoms with Crippen LogP contribution in [0.3, 0.4) is 0 Å². The number of thiazole rings is 1. The van der Waals surface area contributed by atoms with Crippen molar-refractivity contribution in [2.45, 2.75) is 19.3 Å². The maximum atomic E-state index is 4.16. The van der Waals surface area contributed by atoms with Crippen molar-refractivity contribution in [1.29, 1.82) is 0 Å². The Morgan fingerprint density at radius 2 is 2.18 bits per heavy atom. The van der Waals surface area contributed by atoms with Gasteiger partial charge in [0.05, 0.1) is 0 Å². The number of anilines is 1. The van der Waals surface area contributed by atoms with Gasteiger partial charge < -0.3 is 4.90 Å². The molecular formula is C8H11N2S. The Morgan fingerprint density at radius 3 is 2.82 bits per heavy atom. The number of rotatable bonds is 1. The van der Waals surface area contributed by atoms with Gasteiger partial charge in [-0.2, -0.15) is 0 Å². The van der Waals surface area contributed by atoms with E-state index in [2.05, 4.69) is 20.8 Å². The van der Waals surface area contributed by atoms with E-state index in [0.29, 0.717) is 0 Å². The van der Waals surface area contributed by atoms with Crippen LogP contribution in [-0.4, -0.2) is 18.1 Å². The van der Waals surface area contributed by atoms with Gasteiger partial charge in [0.15, 0.2) is 5.51 Å². The molecule has 1 aromatic heterocycles. The molecule has 0 aliphatic carbocycles. The molecule has 59 valence electrons. The largest absolute Gasteiger partial charge is 0.356 e. The average molecular weight is 167 g/mol. The number of aromatic nitrogens is 1. The lowest BCUT2D eigenvalue weighted by Gasteiger charge is -2.26. The van der Waals surface area contributed by atoms with E-state index in [-0.39, 0.29) is 0 Å². The summed E-state index contributed by atoms with van der Waals surface area (Å²) in [5, 5.41) is 2.07. The first kappa shape index (κ1) is 7.10. The van der Waals surface area contributed by atoms with Crippen LogP contribution in [0.25, 0.3) is 0 Å². The fraction of sp³-hybridized carbons (Fsp3) is 0.625. The molecule has 0 unspecified atom stereocenters. The first-order valence-corrected chi connectivity index (χ1v) is 4.91. The van der Waals surface area contributed by atoms with Gasteiger partial charge in [0.2, 0.25) is 0 Å². The molecular weight excluding hydrogens is 156 g/mol. The quantitative estimate of drug-likeness (QED) is 0.635. The van der Waals surface area contributed by atoms with E-state index in [1.807, 2.05) is 0 Å². The highest BCUT2D eigenvalue weighted by atomic mass is 32.1. The lowest BCUT2D eigenvalue weighted by atomic mass is 10.1. The van der Waals surface area contributed by atoms with Gasteiger partial charge in [0.25, 0.3) is 0 Å². The molecule has 0 N–H and O–H groups in total. The minimum absolute atomic E-state index is 1.12. The molecule has 0 atom stereocenters. The summed E-state index contributed by atoms with van der Waals surface area (Å²) < 4.78 is 0.